The van der Waals surface area contributed by atoms with E-state index in [2.05, 4.69) is 9.05 Å². The van der Waals surface area contributed by atoms with E-state index in [-0.39, 0.29) is 12.8 Å². The Kier molecular flexibility index (Phi) is 8.72. The highest BCUT2D eigenvalue weighted by molar-refractivity contribution is 7.34. The van der Waals surface area contributed by atoms with E-state index in [1.54, 1.807) is 0 Å². The topological polar surface area (TPSA) is 69.7 Å². The van der Waals surface area contributed by atoms with Crippen molar-refractivity contribution in [3.05, 3.63) is 0 Å². The molecule has 0 aliphatic heterocycles. The van der Waals surface area contributed by atoms with E-state index >= 15 is 0 Å². The van der Waals surface area contributed by atoms with E-state index in [4.69, 9.17) is 0 Å². The Morgan fingerprint density at radius 3 is 1.62 bits per heavy atom. The van der Waals surface area contributed by atoms with Gasteiger partial charge in [0.15, 0.2) is 0 Å². The van der Waals surface area contributed by atoms with E-state index in [1.807, 2.05) is 13.8 Å². The van der Waals surface area contributed by atoms with Crippen LogP contribution in [0, 0.1) is 0 Å². The van der Waals surface area contributed by atoms with Gasteiger partial charge in [-0.05, 0) is 12.8 Å². The summed E-state index contributed by atoms with van der Waals surface area (Å²) in [5, 5.41) is 0. The first-order valence-corrected chi connectivity index (χ1v) is 6.58. The molecule has 0 aromatic rings. The Hall–Kier alpha value is -0.960. The molecular formula is C10H18O5P+. The third-order valence-electron chi connectivity index (χ3n) is 1.82. The average molecular weight is 249 g/mol. The minimum absolute atomic E-state index is 0.198. The number of unbranched alkanes of at least 4 members (excludes halogenated alkanes) is 2. The van der Waals surface area contributed by atoms with Gasteiger partial charge in [0.05, 0.1) is 12.8 Å². The van der Waals surface area contributed by atoms with Crippen molar-refractivity contribution in [1.29, 1.82) is 0 Å². The summed E-state index contributed by atoms with van der Waals surface area (Å²) in [6.07, 6.45) is 3.44. The van der Waals surface area contributed by atoms with Crippen molar-refractivity contribution in [3.8, 4) is 0 Å². The Morgan fingerprint density at radius 1 is 0.938 bits per heavy atom. The van der Waals surface area contributed by atoms with E-state index in [0.29, 0.717) is 12.8 Å². The minimum atomic E-state index is -2.64. The summed E-state index contributed by atoms with van der Waals surface area (Å²) in [6, 6.07) is 0. The van der Waals surface area contributed by atoms with Crippen LogP contribution in [0.3, 0.4) is 0 Å². The van der Waals surface area contributed by atoms with Crippen LogP contribution in [-0.2, 0) is 23.2 Å². The summed E-state index contributed by atoms with van der Waals surface area (Å²) in [4.78, 5) is 22.0. The van der Waals surface area contributed by atoms with Gasteiger partial charge in [-0.15, -0.1) is 0 Å². The first kappa shape index (κ1) is 15.0. The summed E-state index contributed by atoms with van der Waals surface area (Å²) in [6.45, 7) is 3.86. The van der Waals surface area contributed by atoms with Gasteiger partial charge in [-0.25, -0.2) is 9.59 Å². The fourth-order valence-corrected chi connectivity index (χ4v) is 1.47. The molecule has 0 aromatic carbocycles. The van der Waals surface area contributed by atoms with Crippen LogP contribution in [0.5, 0.6) is 0 Å². The smallest absolute Gasteiger partial charge is 0.247 e. The molecule has 0 heterocycles. The molecule has 5 nitrogen and oxygen atoms in total. The largest absolute Gasteiger partial charge is 0.811 e. The van der Waals surface area contributed by atoms with Gasteiger partial charge in [-0.1, -0.05) is 26.7 Å². The van der Waals surface area contributed by atoms with Gasteiger partial charge in [0, 0.05) is 4.57 Å². The van der Waals surface area contributed by atoms with Crippen molar-refractivity contribution >= 4 is 20.2 Å². The van der Waals surface area contributed by atoms with Crippen molar-refractivity contribution in [1.82, 2.24) is 0 Å². The molecule has 0 radical (unpaired) electrons. The zero-order valence-corrected chi connectivity index (χ0v) is 10.6. The highest BCUT2D eigenvalue weighted by Crippen LogP contribution is 2.25. The molecule has 16 heavy (non-hydrogen) atoms. The van der Waals surface area contributed by atoms with E-state index in [0.717, 1.165) is 12.8 Å². The van der Waals surface area contributed by atoms with Crippen LogP contribution in [0.15, 0.2) is 0 Å². The number of hydrogen-bond acceptors (Lipinski definition) is 5. The van der Waals surface area contributed by atoms with Crippen molar-refractivity contribution in [2.45, 2.75) is 52.4 Å². The Morgan fingerprint density at radius 2 is 1.31 bits per heavy atom. The van der Waals surface area contributed by atoms with Crippen LogP contribution in [0.25, 0.3) is 0 Å². The van der Waals surface area contributed by atoms with E-state index in [1.165, 1.54) is 0 Å². The minimum Gasteiger partial charge on any atom is -0.247 e. The number of carbonyl (C=O) groups is 2. The number of rotatable bonds is 8. The van der Waals surface area contributed by atoms with Crippen LogP contribution in [0.1, 0.15) is 52.4 Å². The second-order valence-electron chi connectivity index (χ2n) is 3.36. The normalized spacial score (nSPS) is 9.62. The molecule has 0 atom stereocenters. The second-order valence-corrected chi connectivity index (χ2v) is 4.17. The lowest BCUT2D eigenvalue weighted by molar-refractivity contribution is -0.137. The second kappa shape index (κ2) is 9.28. The predicted molar refractivity (Wildman–Crippen MR) is 58.8 cm³/mol. The quantitative estimate of drug-likeness (QED) is 0.618. The SMILES string of the molecule is CCCCC(=O)O[P+](=O)OC(=O)CCCC. The van der Waals surface area contributed by atoms with Crippen LogP contribution in [0.4, 0.5) is 0 Å². The maximum Gasteiger partial charge on any atom is 0.811 e. The first-order valence-electron chi connectivity index (χ1n) is 5.49. The lowest BCUT2D eigenvalue weighted by Crippen LogP contribution is -2.03. The van der Waals surface area contributed by atoms with Crippen molar-refractivity contribution in [3.63, 3.8) is 0 Å². The molecule has 0 fully saturated rings. The standard InChI is InChI=1S/C10H18O5P/c1-3-5-7-9(11)14-16(13)15-10(12)8-6-4-2/h3-8H2,1-2H3/q+1. The van der Waals surface area contributed by atoms with Crippen molar-refractivity contribution < 1.29 is 23.2 Å². The zero-order valence-electron chi connectivity index (χ0n) is 9.73. The van der Waals surface area contributed by atoms with Crippen LogP contribution in [-0.4, -0.2) is 11.9 Å². The molecule has 0 saturated heterocycles. The van der Waals surface area contributed by atoms with Crippen molar-refractivity contribution in [2.75, 3.05) is 0 Å². The molecule has 0 aromatic heterocycles. The molecule has 0 aliphatic carbocycles. The van der Waals surface area contributed by atoms with Crippen LogP contribution in [0.2, 0.25) is 0 Å². The monoisotopic (exact) mass is 249 g/mol. The fraction of sp³-hybridized carbons (Fsp3) is 0.800. The molecule has 0 saturated carbocycles. The van der Waals surface area contributed by atoms with Gasteiger partial charge in [-0.2, -0.15) is 9.05 Å². The highest BCUT2D eigenvalue weighted by atomic mass is 31.1. The molecular weight excluding hydrogens is 231 g/mol. The lowest BCUT2D eigenvalue weighted by Gasteiger charge is -1.92. The maximum atomic E-state index is 11.1. The summed E-state index contributed by atoms with van der Waals surface area (Å²) in [5.74, 6) is -1.18. The molecule has 0 N–H and O–H groups in total. The van der Waals surface area contributed by atoms with Gasteiger partial charge in [0.1, 0.15) is 0 Å². The third-order valence-corrected chi connectivity index (χ3v) is 2.53. The van der Waals surface area contributed by atoms with Gasteiger partial charge in [0.2, 0.25) is 0 Å². The van der Waals surface area contributed by atoms with Gasteiger partial charge in [0.25, 0.3) is 0 Å². The average Bonchev–Trinajstić information content (AvgIpc) is 2.23. The van der Waals surface area contributed by atoms with Crippen molar-refractivity contribution in [2.24, 2.45) is 0 Å². The Labute approximate surface area is 96.5 Å². The van der Waals surface area contributed by atoms with Gasteiger partial charge in [-0.3, -0.25) is 0 Å². The molecule has 0 spiro atoms. The predicted octanol–water partition coefficient (Wildman–Crippen LogP) is 3.11. The summed E-state index contributed by atoms with van der Waals surface area (Å²) >= 11 is 0. The molecule has 0 unspecified atom stereocenters. The first-order chi connectivity index (χ1) is 7.60. The summed E-state index contributed by atoms with van der Waals surface area (Å²) in [7, 11) is -2.64. The van der Waals surface area contributed by atoms with Crippen LogP contribution >= 0.6 is 8.25 Å². The van der Waals surface area contributed by atoms with Crippen LogP contribution < -0.4 is 0 Å². The third kappa shape index (κ3) is 8.36. The van der Waals surface area contributed by atoms with E-state index in [9.17, 15) is 14.2 Å². The molecule has 6 heteroatoms. The summed E-state index contributed by atoms with van der Waals surface area (Å²) < 4.78 is 19.9. The van der Waals surface area contributed by atoms with E-state index < -0.39 is 20.2 Å². The van der Waals surface area contributed by atoms with Gasteiger partial charge >= 0.3 is 20.2 Å². The molecule has 0 rings (SSSR count). The number of carbonyl (C=O) groups excluding carboxylic acids is 2. The lowest BCUT2D eigenvalue weighted by atomic mass is 10.3. The Bertz CT molecular complexity index is 228. The number of hydrogen-bond donors (Lipinski definition) is 0. The fourth-order valence-electron chi connectivity index (χ4n) is 0.918. The molecule has 0 bridgehead atoms. The van der Waals surface area contributed by atoms with Gasteiger partial charge < -0.3 is 0 Å². The highest BCUT2D eigenvalue weighted by Gasteiger charge is 2.30. The molecule has 92 valence electrons. The molecule has 0 aliphatic rings. The molecule has 0 amide bonds. The maximum absolute atomic E-state index is 11.1. The summed E-state index contributed by atoms with van der Waals surface area (Å²) in [5.41, 5.74) is 0. The zero-order chi connectivity index (χ0) is 12.4. The Balaban J connectivity index is 3.72.